The highest BCUT2D eigenvalue weighted by molar-refractivity contribution is 6.04. The predicted molar refractivity (Wildman–Crippen MR) is 195 cm³/mol. The lowest BCUT2D eigenvalue weighted by Gasteiger charge is -2.34. The lowest BCUT2D eigenvalue weighted by Crippen LogP contribution is -2.44. The van der Waals surface area contributed by atoms with Crippen molar-refractivity contribution in [3.05, 3.63) is 112 Å². The number of aryl methyl sites for hydroxylation is 1. The van der Waals surface area contributed by atoms with E-state index in [9.17, 15) is 9.59 Å². The second-order valence-electron chi connectivity index (χ2n) is 12.9. The first-order chi connectivity index (χ1) is 24.4. The van der Waals surface area contributed by atoms with E-state index >= 15 is 0 Å². The minimum Gasteiger partial charge on any atom is -0.493 e. The smallest absolute Gasteiger partial charge is 0.257 e. The first-order valence-corrected chi connectivity index (χ1v) is 17.3. The van der Waals surface area contributed by atoms with Crippen LogP contribution in [0.3, 0.4) is 0 Å². The molecule has 256 valence electrons. The molecule has 0 spiro atoms. The normalized spacial score (nSPS) is 18.2. The average molecular weight is 671 g/mol. The zero-order chi connectivity index (χ0) is 34.8. The lowest BCUT2D eigenvalue weighted by atomic mass is 9.94. The van der Waals surface area contributed by atoms with Gasteiger partial charge in [-0.25, -0.2) is 0 Å². The number of aliphatic imine (C=N–C) groups is 2. The van der Waals surface area contributed by atoms with Crippen LogP contribution in [0.25, 0.3) is 0 Å². The molecule has 0 saturated heterocycles. The molecule has 4 aliphatic rings. The molecule has 4 aliphatic heterocycles. The number of carbonyl (C=O) groups excluding carboxylic acids is 2. The van der Waals surface area contributed by atoms with Gasteiger partial charge in [0, 0.05) is 37.7 Å². The largest absolute Gasteiger partial charge is 0.493 e. The molecule has 9 heteroatoms. The average Bonchev–Trinajstić information content (AvgIpc) is 3.35. The van der Waals surface area contributed by atoms with Crippen LogP contribution in [0.1, 0.15) is 68.8 Å². The molecule has 4 aromatic carbocycles. The fourth-order valence-electron chi connectivity index (χ4n) is 7.03. The minimum absolute atomic E-state index is 0.00937. The molecule has 0 N–H and O–H groups in total. The van der Waals surface area contributed by atoms with Crippen LogP contribution < -0.4 is 14.2 Å². The number of nitrogens with zero attached hydrogens (tertiary/aromatic N) is 4. The van der Waals surface area contributed by atoms with E-state index in [0.717, 1.165) is 30.6 Å². The van der Waals surface area contributed by atoms with Crippen LogP contribution in [0.15, 0.2) is 82.8 Å². The number of fused-ring (bicyclic) bond motifs is 6. The van der Waals surface area contributed by atoms with Crippen molar-refractivity contribution < 1.29 is 23.8 Å². The van der Waals surface area contributed by atoms with Crippen molar-refractivity contribution in [2.75, 3.05) is 20.3 Å². The van der Waals surface area contributed by atoms with Crippen molar-refractivity contribution in [3.63, 3.8) is 0 Å². The summed E-state index contributed by atoms with van der Waals surface area (Å²) in [6, 6.07) is 23.9. The van der Waals surface area contributed by atoms with E-state index in [0.29, 0.717) is 60.3 Å². The molecule has 4 aromatic rings. The third-order valence-corrected chi connectivity index (χ3v) is 9.67. The summed E-state index contributed by atoms with van der Waals surface area (Å²) in [6.07, 6.45) is 6.35. The monoisotopic (exact) mass is 670 g/mol. The number of hydrogen-bond donors (Lipinski definition) is 0. The number of benzene rings is 4. The van der Waals surface area contributed by atoms with E-state index in [-0.39, 0.29) is 23.9 Å². The zero-order valence-electron chi connectivity index (χ0n) is 29.0. The van der Waals surface area contributed by atoms with Crippen LogP contribution in [-0.2, 0) is 25.9 Å². The number of amides is 2. The van der Waals surface area contributed by atoms with Crippen LogP contribution in [0.2, 0.25) is 0 Å². The van der Waals surface area contributed by atoms with Crippen LogP contribution in [0.4, 0.5) is 11.4 Å². The highest BCUT2D eigenvalue weighted by Gasteiger charge is 2.34. The third-order valence-electron chi connectivity index (χ3n) is 9.67. The van der Waals surface area contributed by atoms with Gasteiger partial charge >= 0.3 is 0 Å². The van der Waals surface area contributed by atoms with Crippen LogP contribution in [0, 0.1) is 6.92 Å². The Morgan fingerprint density at radius 2 is 1.20 bits per heavy atom. The number of rotatable bonds is 6. The van der Waals surface area contributed by atoms with Gasteiger partial charge in [0.2, 0.25) is 0 Å². The summed E-state index contributed by atoms with van der Waals surface area (Å²) >= 11 is 0. The standard InChI is InChI=1S/C21H22N2O2.C20H20N2O3/c1-3-8-25-20-11-19-18(9-14(20)2)21(24)23-13-16-7-5-4-6-15(16)10-17(23)12-22-19;1-3-25-19-10-17-16(9-18(19)24-2)20(23)22-12-14-7-5-4-6-13(14)8-15(22)11-21-17/h4-7,9,11-12,17H,3,8,10,13H2,1-2H3;4-7,9-11,15H,3,8,12H2,1-2H3/t17-;15-/m00/s1. The van der Waals surface area contributed by atoms with Gasteiger partial charge in [0.1, 0.15) is 5.75 Å². The first-order valence-electron chi connectivity index (χ1n) is 17.3. The molecule has 2 atom stereocenters. The molecule has 0 aliphatic carbocycles. The maximum atomic E-state index is 13.2. The Balaban J connectivity index is 0.000000157. The molecule has 0 aromatic heterocycles. The molecule has 50 heavy (non-hydrogen) atoms. The Morgan fingerprint density at radius 3 is 1.72 bits per heavy atom. The Morgan fingerprint density at radius 1 is 0.680 bits per heavy atom. The van der Waals surface area contributed by atoms with E-state index < -0.39 is 0 Å². The first kappa shape index (κ1) is 33.1. The van der Waals surface area contributed by atoms with Crippen molar-refractivity contribution in [1.82, 2.24) is 9.80 Å². The lowest BCUT2D eigenvalue weighted by molar-refractivity contribution is 0.0696. The Kier molecular flexibility index (Phi) is 9.39. The van der Waals surface area contributed by atoms with E-state index in [4.69, 9.17) is 14.2 Å². The fourth-order valence-corrected chi connectivity index (χ4v) is 7.03. The molecule has 4 heterocycles. The highest BCUT2D eigenvalue weighted by atomic mass is 16.5. The quantitative estimate of drug-likeness (QED) is 0.213. The molecule has 0 bridgehead atoms. The molecule has 0 saturated carbocycles. The molecule has 2 amide bonds. The zero-order valence-corrected chi connectivity index (χ0v) is 29.0. The molecule has 8 rings (SSSR count). The van der Waals surface area contributed by atoms with Crippen molar-refractivity contribution >= 4 is 35.6 Å². The summed E-state index contributed by atoms with van der Waals surface area (Å²) < 4.78 is 16.8. The van der Waals surface area contributed by atoms with Gasteiger partial charge in [-0.3, -0.25) is 19.6 Å². The van der Waals surface area contributed by atoms with Crippen molar-refractivity contribution in [2.45, 2.75) is 65.2 Å². The van der Waals surface area contributed by atoms with Gasteiger partial charge in [0.25, 0.3) is 11.8 Å². The Hall–Kier alpha value is -5.44. The second kappa shape index (κ2) is 14.2. The fraction of sp³-hybridized carbons (Fsp3) is 0.317. The van der Waals surface area contributed by atoms with Gasteiger partial charge < -0.3 is 24.0 Å². The highest BCUT2D eigenvalue weighted by Crippen LogP contribution is 2.39. The third kappa shape index (κ3) is 6.35. The Bertz CT molecular complexity index is 2000. The van der Waals surface area contributed by atoms with Gasteiger partial charge in [0.05, 0.1) is 54.9 Å². The topological polar surface area (TPSA) is 93.0 Å². The molecular weight excluding hydrogens is 628 g/mol. The Labute approximate surface area is 293 Å². The van der Waals surface area contributed by atoms with Gasteiger partial charge in [-0.05, 0) is 73.1 Å². The second-order valence-corrected chi connectivity index (χ2v) is 12.9. The van der Waals surface area contributed by atoms with Gasteiger partial charge in [-0.15, -0.1) is 0 Å². The van der Waals surface area contributed by atoms with Gasteiger partial charge in [-0.1, -0.05) is 55.5 Å². The van der Waals surface area contributed by atoms with Crippen LogP contribution in [0.5, 0.6) is 17.2 Å². The molecule has 0 radical (unpaired) electrons. The number of carbonyl (C=O) groups is 2. The number of hydrogen-bond acceptors (Lipinski definition) is 7. The molecule has 0 fully saturated rings. The summed E-state index contributed by atoms with van der Waals surface area (Å²) in [4.78, 5) is 39.4. The van der Waals surface area contributed by atoms with Crippen molar-refractivity contribution in [2.24, 2.45) is 9.98 Å². The summed E-state index contributed by atoms with van der Waals surface area (Å²) in [7, 11) is 1.58. The molecule has 0 unspecified atom stereocenters. The summed E-state index contributed by atoms with van der Waals surface area (Å²) in [5.74, 6) is 2.01. The maximum absolute atomic E-state index is 13.2. The summed E-state index contributed by atoms with van der Waals surface area (Å²) in [5.41, 5.74) is 8.54. The van der Waals surface area contributed by atoms with Gasteiger partial charge in [-0.2, -0.15) is 0 Å². The minimum atomic E-state index is -0.0312. The van der Waals surface area contributed by atoms with Crippen molar-refractivity contribution in [3.8, 4) is 17.2 Å². The van der Waals surface area contributed by atoms with E-state index in [1.54, 1.807) is 19.2 Å². The van der Waals surface area contributed by atoms with Crippen LogP contribution in [-0.4, -0.2) is 66.5 Å². The van der Waals surface area contributed by atoms with E-state index in [2.05, 4.69) is 47.2 Å². The van der Waals surface area contributed by atoms with Crippen molar-refractivity contribution in [1.29, 1.82) is 0 Å². The SMILES string of the molecule is CCCOc1cc2c(cc1C)C(=O)N1Cc3ccccc3C[C@H]1C=N2.CCOc1cc2c(cc1OC)C(=O)N1Cc3ccccc3C[C@H]1C=N2. The number of methoxy groups -OCH3 is 1. The van der Waals surface area contributed by atoms with Crippen LogP contribution >= 0.6 is 0 Å². The summed E-state index contributed by atoms with van der Waals surface area (Å²) in [5, 5.41) is 0. The predicted octanol–water partition coefficient (Wildman–Crippen LogP) is 7.44. The maximum Gasteiger partial charge on any atom is 0.257 e. The molecule has 9 nitrogen and oxygen atoms in total. The van der Waals surface area contributed by atoms with Gasteiger partial charge in [0.15, 0.2) is 11.5 Å². The molecular formula is C41H42N4O5. The number of ether oxygens (including phenoxy) is 3. The van der Waals surface area contributed by atoms with E-state index in [1.165, 1.54) is 22.3 Å². The summed E-state index contributed by atoms with van der Waals surface area (Å²) in [6.45, 7) is 8.40. The van der Waals surface area contributed by atoms with E-state index in [1.807, 2.05) is 66.4 Å².